The molecule has 0 aliphatic heterocycles. The van der Waals surface area contributed by atoms with Gasteiger partial charge >= 0.3 is 0 Å². The molecule has 0 saturated carbocycles. The fraction of sp³-hybridized carbons (Fsp3) is 0.250. The highest BCUT2D eigenvalue weighted by Gasteiger charge is 2.17. The average Bonchev–Trinajstić information content (AvgIpc) is 2.42. The zero-order chi connectivity index (χ0) is 14.7. The van der Waals surface area contributed by atoms with Crippen molar-refractivity contribution in [3.63, 3.8) is 0 Å². The van der Waals surface area contributed by atoms with Crippen molar-refractivity contribution in [1.82, 2.24) is 5.43 Å². The van der Waals surface area contributed by atoms with E-state index in [1.807, 2.05) is 24.3 Å². The van der Waals surface area contributed by atoms with E-state index in [1.165, 1.54) is 16.7 Å². The van der Waals surface area contributed by atoms with Crippen LogP contribution in [0.25, 0.3) is 0 Å². The van der Waals surface area contributed by atoms with Crippen LogP contribution in [0.1, 0.15) is 28.3 Å². The lowest BCUT2D eigenvalue weighted by molar-refractivity contribution is 0.549. The van der Waals surface area contributed by atoms with E-state index in [4.69, 9.17) is 29.0 Å². The van der Waals surface area contributed by atoms with Crippen LogP contribution in [-0.4, -0.2) is 0 Å². The van der Waals surface area contributed by atoms with E-state index >= 15 is 0 Å². The number of benzene rings is 2. The summed E-state index contributed by atoms with van der Waals surface area (Å²) in [5.74, 6) is 5.74. The summed E-state index contributed by atoms with van der Waals surface area (Å²) in [4.78, 5) is 0. The van der Waals surface area contributed by atoms with E-state index in [1.54, 1.807) is 0 Å². The first-order valence-electron chi connectivity index (χ1n) is 6.49. The molecule has 0 heterocycles. The lowest BCUT2D eigenvalue weighted by Gasteiger charge is -2.21. The molecule has 0 aromatic heterocycles. The van der Waals surface area contributed by atoms with Gasteiger partial charge in [0.25, 0.3) is 0 Å². The number of hydrogen-bond acceptors (Lipinski definition) is 2. The molecule has 2 aromatic carbocycles. The molecule has 20 heavy (non-hydrogen) atoms. The summed E-state index contributed by atoms with van der Waals surface area (Å²) in [5.41, 5.74) is 7.44. The van der Waals surface area contributed by atoms with E-state index in [0.717, 1.165) is 5.56 Å². The Kier molecular flexibility index (Phi) is 5.06. The monoisotopic (exact) mass is 308 g/mol. The number of halogens is 2. The Labute approximate surface area is 129 Å². The summed E-state index contributed by atoms with van der Waals surface area (Å²) in [7, 11) is 0. The second kappa shape index (κ2) is 6.59. The highest BCUT2D eigenvalue weighted by atomic mass is 35.5. The van der Waals surface area contributed by atoms with Crippen LogP contribution in [0.2, 0.25) is 10.0 Å². The van der Waals surface area contributed by atoms with Crippen molar-refractivity contribution in [2.45, 2.75) is 26.3 Å². The van der Waals surface area contributed by atoms with Gasteiger partial charge in [-0.15, -0.1) is 0 Å². The molecule has 0 amide bonds. The van der Waals surface area contributed by atoms with E-state index in [9.17, 15) is 0 Å². The Bertz CT molecular complexity index is 591. The third-order valence-electron chi connectivity index (χ3n) is 3.69. The molecule has 106 valence electrons. The molecule has 4 heteroatoms. The van der Waals surface area contributed by atoms with Gasteiger partial charge < -0.3 is 0 Å². The normalized spacial score (nSPS) is 12.4. The third-order valence-corrected chi connectivity index (χ3v) is 4.40. The van der Waals surface area contributed by atoms with Crippen molar-refractivity contribution >= 4 is 23.2 Å². The maximum atomic E-state index is 6.24. The van der Waals surface area contributed by atoms with Gasteiger partial charge in [-0.2, -0.15) is 0 Å². The first-order valence-corrected chi connectivity index (χ1v) is 7.25. The minimum atomic E-state index is -0.0210. The van der Waals surface area contributed by atoms with Crippen molar-refractivity contribution in [2.75, 3.05) is 0 Å². The molecule has 0 aliphatic carbocycles. The highest BCUT2D eigenvalue weighted by molar-refractivity contribution is 6.36. The molecule has 1 atom stereocenters. The first-order chi connectivity index (χ1) is 9.54. The zero-order valence-corrected chi connectivity index (χ0v) is 13.1. The summed E-state index contributed by atoms with van der Waals surface area (Å²) < 4.78 is 0. The van der Waals surface area contributed by atoms with Crippen LogP contribution in [0.3, 0.4) is 0 Å². The minimum absolute atomic E-state index is 0.0210. The molecular weight excluding hydrogens is 291 g/mol. The molecule has 2 rings (SSSR count). The van der Waals surface area contributed by atoms with Crippen molar-refractivity contribution in [2.24, 2.45) is 5.84 Å². The quantitative estimate of drug-likeness (QED) is 0.650. The van der Waals surface area contributed by atoms with Gasteiger partial charge in [-0.05, 0) is 54.7 Å². The third kappa shape index (κ3) is 3.15. The minimum Gasteiger partial charge on any atom is -0.271 e. The Balaban J connectivity index is 2.37. The Hall–Kier alpha value is -1.06. The first kappa shape index (κ1) is 15.3. The maximum Gasteiger partial charge on any atom is 0.0504 e. The number of hydrazine groups is 1. The summed E-state index contributed by atoms with van der Waals surface area (Å²) in [6.45, 7) is 4.19. The van der Waals surface area contributed by atoms with Gasteiger partial charge in [-0.1, -0.05) is 47.5 Å². The lowest BCUT2D eigenvalue weighted by atomic mass is 9.93. The molecule has 0 saturated heterocycles. The number of aryl methyl sites for hydroxylation is 1. The van der Waals surface area contributed by atoms with E-state index in [2.05, 4.69) is 31.4 Å². The van der Waals surface area contributed by atoms with Crippen LogP contribution in [-0.2, 0) is 6.42 Å². The van der Waals surface area contributed by atoms with Gasteiger partial charge in [-0.3, -0.25) is 11.3 Å². The standard InChI is InChI=1S/C16H18Cl2N2/c1-10-5-3-6-12(11(10)2)16(20-19)9-13-14(17)7-4-8-15(13)18/h3-8,16,20H,9,19H2,1-2H3. The lowest BCUT2D eigenvalue weighted by Crippen LogP contribution is -2.30. The Morgan fingerprint density at radius 3 is 2.25 bits per heavy atom. The molecule has 2 nitrogen and oxygen atoms in total. The summed E-state index contributed by atoms with van der Waals surface area (Å²) in [6, 6.07) is 11.7. The van der Waals surface area contributed by atoms with E-state index in [0.29, 0.717) is 16.5 Å². The van der Waals surface area contributed by atoms with Gasteiger partial charge in [-0.25, -0.2) is 0 Å². The fourth-order valence-electron chi connectivity index (χ4n) is 2.34. The van der Waals surface area contributed by atoms with Crippen LogP contribution in [0.4, 0.5) is 0 Å². The van der Waals surface area contributed by atoms with Gasteiger partial charge in [0, 0.05) is 10.0 Å². The van der Waals surface area contributed by atoms with Crippen LogP contribution < -0.4 is 11.3 Å². The Morgan fingerprint density at radius 2 is 1.65 bits per heavy atom. The predicted molar refractivity (Wildman–Crippen MR) is 86.1 cm³/mol. The van der Waals surface area contributed by atoms with Crippen LogP contribution >= 0.6 is 23.2 Å². The van der Waals surface area contributed by atoms with Crippen molar-refractivity contribution in [3.8, 4) is 0 Å². The van der Waals surface area contributed by atoms with Gasteiger partial charge in [0.2, 0.25) is 0 Å². The molecule has 2 aromatic rings. The summed E-state index contributed by atoms with van der Waals surface area (Å²) >= 11 is 12.5. The summed E-state index contributed by atoms with van der Waals surface area (Å²) in [6.07, 6.45) is 0.652. The van der Waals surface area contributed by atoms with Crippen LogP contribution in [0.5, 0.6) is 0 Å². The van der Waals surface area contributed by atoms with E-state index in [-0.39, 0.29) is 6.04 Å². The highest BCUT2D eigenvalue weighted by Crippen LogP contribution is 2.30. The van der Waals surface area contributed by atoms with Gasteiger partial charge in [0.1, 0.15) is 0 Å². The summed E-state index contributed by atoms with van der Waals surface area (Å²) in [5, 5.41) is 1.34. The van der Waals surface area contributed by atoms with E-state index < -0.39 is 0 Å². The largest absolute Gasteiger partial charge is 0.271 e. The fourth-order valence-corrected chi connectivity index (χ4v) is 2.89. The van der Waals surface area contributed by atoms with Gasteiger partial charge in [0.15, 0.2) is 0 Å². The molecule has 0 aliphatic rings. The SMILES string of the molecule is Cc1cccc(C(Cc2c(Cl)cccc2Cl)NN)c1C. The van der Waals surface area contributed by atoms with Crippen LogP contribution in [0, 0.1) is 13.8 Å². The van der Waals surface area contributed by atoms with Gasteiger partial charge in [0.05, 0.1) is 6.04 Å². The molecule has 0 fully saturated rings. The number of hydrogen-bond donors (Lipinski definition) is 2. The number of rotatable bonds is 4. The molecule has 1 unspecified atom stereocenters. The Morgan fingerprint density at radius 1 is 1.05 bits per heavy atom. The molecular formula is C16H18Cl2N2. The smallest absolute Gasteiger partial charge is 0.0504 e. The predicted octanol–water partition coefficient (Wildman–Crippen LogP) is 4.36. The second-order valence-corrected chi connectivity index (χ2v) is 5.73. The number of nitrogens with two attached hydrogens (primary N) is 1. The number of nitrogens with one attached hydrogen (secondary N) is 1. The van der Waals surface area contributed by atoms with Crippen molar-refractivity contribution < 1.29 is 0 Å². The van der Waals surface area contributed by atoms with Crippen LogP contribution in [0.15, 0.2) is 36.4 Å². The molecule has 0 radical (unpaired) electrons. The zero-order valence-electron chi connectivity index (χ0n) is 11.6. The maximum absolute atomic E-state index is 6.24. The topological polar surface area (TPSA) is 38.0 Å². The molecule has 0 spiro atoms. The molecule has 3 N–H and O–H groups in total. The van der Waals surface area contributed by atoms with Crippen molar-refractivity contribution in [1.29, 1.82) is 0 Å². The molecule has 0 bridgehead atoms. The average molecular weight is 309 g/mol. The van der Waals surface area contributed by atoms with Crippen molar-refractivity contribution in [3.05, 3.63) is 68.7 Å². The second-order valence-electron chi connectivity index (χ2n) is 4.91.